The van der Waals surface area contributed by atoms with Gasteiger partial charge in [0.15, 0.2) is 6.10 Å². The summed E-state index contributed by atoms with van der Waals surface area (Å²) >= 11 is 0. The average Bonchev–Trinajstić information content (AvgIpc) is 0.913. The van der Waals surface area contributed by atoms with Crippen LogP contribution >= 0.6 is 15.6 Å². The fraction of sp³-hybridized carbons (Fsp3) is 0.729. The maximum absolute atomic E-state index is 12.9. The molecule has 0 amide bonds. The second kappa shape index (κ2) is 77.6. The molecule has 0 fully saturated rings. The van der Waals surface area contributed by atoms with E-state index < -0.39 is 91.5 Å². The molecule has 5 unspecified atom stereocenters. The fourth-order valence-electron chi connectivity index (χ4n) is 11.0. The number of aliphatic hydroxyl groups excluding tert-OH is 2. The highest BCUT2D eigenvalue weighted by atomic mass is 31.2. The Hall–Kier alpha value is -4.05. The number of allylic oxidation sites excluding steroid dienone is 20. The van der Waals surface area contributed by atoms with Crippen LogP contribution in [0.4, 0.5) is 0 Å². The molecule has 0 bridgehead atoms. The minimum Gasteiger partial charge on any atom is -0.463 e. The van der Waals surface area contributed by atoms with Gasteiger partial charge in [0.1, 0.15) is 25.4 Å². The van der Waals surface area contributed by atoms with Crippen LogP contribution in [0.2, 0.25) is 0 Å². The second-order valence-corrected chi connectivity index (χ2v) is 30.1. The van der Waals surface area contributed by atoms with E-state index in [9.17, 15) is 43.5 Å². The molecule has 0 saturated heterocycles. The van der Waals surface area contributed by atoms with Gasteiger partial charge >= 0.3 is 33.6 Å². The van der Waals surface area contributed by atoms with E-state index >= 15 is 0 Å². The first-order valence-corrected chi connectivity index (χ1v) is 43.8. The predicted octanol–water partition coefficient (Wildman–Crippen LogP) is 24.1. The zero-order valence-corrected chi connectivity index (χ0v) is 66.7. The van der Waals surface area contributed by atoms with Crippen LogP contribution in [0.5, 0.6) is 0 Å². The first kappa shape index (κ1) is 98.9. The highest BCUT2D eigenvalue weighted by Gasteiger charge is 2.29. The van der Waals surface area contributed by atoms with Gasteiger partial charge in [0.05, 0.1) is 26.4 Å². The van der Waals surface area contributed by atoms with E-state index in [4.69, 9.17) is 32.3 Å². The molecule has 0 aromatic heterocycles. The summed E-state index contributed by atoms with van der Waals surface area (Å²) in [6, 6.07) is 0. The van der Waals surface area contributed by atoms with Crippen LogP contribution in [0.3, 0.4) is 0 Å². The number of phosphoric ester groups is 2. The third-order valence-corrected chi connectivity index (χ3v) is 19.1. The molecule has 16 nitrogen and oxygen atoms in total. The van der Waals surface area contributed by atoms with Gasteiger partial charge in [-0.25, -0.2) is 9.13 Å². The van der Waals surface area contributed by atoms with Crippen molar-refractivity contribution in [3.05, 3.63) is 122 Å². The molecule has 0 saturated carbocycles. The Bertz CT molecular complexity index is 2360. The van der Waals surface area contributed by atoms with E-state index in [1.165, 1.54) is 148 Å². The molecule has 4 N–H and O–H groups in total. The van der Waals surface area contributed by atoms with Crippen molar-refractivity contribution < 1.29 is 75.8 Å². The fourth-order valence-corrected chi connectivity index (χ4v) is 12.6. The Labute approximate surface area is 627 Å². The molecule has 0 spiro atoms. The van der Waals surface area contributed by atoms with Gasteiger partial charge in [-0.1, -0.05) is 328 Å². The van der Waals surface area contributed by atoms with Crippen LogP contribution in [0.15, 0.2) is 122 Å². The number of carbonyl (C=O) groups is 3. The molecular weight excluding hydrogens is 1340 g/mol. The number of aliphatic hydroxyl groups is 2. The smallest absolute Gasteiger partial charge is 0.463 e. The Kier molecular flexibility index (Phi) is 74.5. The van der Waals surface area contributed by atoms with Gasteiger partial charge in [-0.15, -0.1) is 0 Å². The molecule has 18 heteroatoms. The number of ether oxygens (including phenoxy) is 3. The van der Waals surface area contributed by atoms with Crippen molar-refractivity contribution in [2.45, 2.75) is 360 Å². The lowest BCUT2D eigenvalue weighted by molar-refractivity contribution is -0.161. The molecule has 0 aromatic rings. The minimum atomic E-state index is -4.93. The summed E-state index contributed by atoms with van der Waals surface area (Å²) in [7, 11) is -9.78. The van der Waals surface area contributed by atoms with Gasteiger partial charge in [-0.05, 0) is 116 Å². The van der Waals surface area contributed by atoms with Crippen LogP contribution in [0.25, 0.3) is 0 Å². The molecule has 0 radical (unpaired) electrons. The van der Waals surface area contributed by atoms with Crippen LogP contribution in [0, 0.1) is 0 Å². The molecule has 0 aliphatic carbocycles. The largest absolute Gasteiger partial charge is 0.472 e. The van der Waals surface area contributed by atoms with Crippen molar-refractivity contribution in [3.8, 4) is 0 Å². The normalized spacial score (nSPS) is 14.6. The molecule has 0 rings (SSSR count). The standard InChI is InChI=1S/C85H148O16P2/c1-4-7-10-13-16-19-22-24-26-28-30-32-33-34-35-36-37-38-39-40-41-42-43-44-45-47-49-50-52-54-57-59-62-65-68-71-83(88)95-74-80(86)75-97-102(91,92)98-76-81(87)77-99-103(93,94)100-79-82(101-85(90)73-70-67-64-61-56-21-18-15-12-9-6-3)78-96-84(89)72-69-66-63-60-58-55-53-51-48-46-31-29-27-25-23-20-17-14-11-8-5-2/h7,10,16-17,19-20,24-27,30-32,34-35,37-38,46,51,53,80-82,86-87H,4-6,8-9,11-15,18,21-23,28-29,33,36,39-45,47-50,52,54-79H2,1-3H3,(H,91,92)(H,93,94)/b10-7-,19-16-,20-17-,26-24-,27-25-,32-30-,35-34-,38-37-,46-31-,53-51-. The molecular formula is C85H148O16P2. The Balaban J connectivity index is 4.35. The van der Waals surface area contributed by atoms with Crippen molar-refractivity contribution in [2.75, 3.05) is 39.6 Å². The molecule has 103 heavy (non-hydrogen) atoms. The quantitative estimate of drug-likeness (QED) is 0.0146. The zero-order chi connectivity index (χ0) is 75.2. The summed E-state index contributed by atoms with van der Waals surface area (Å²) in [6.07, 6.45) is 92.7. The van der Waals surface area contributed by atoms with E-state index in [1.807, 2.05) is 0 Å². The molecule has 5 atom stereocenters. The molecule has 0 aromatic carbocycles. The second-order valence-electron chi connectivity index (χ2n) is 27.2. The van der Waals surface area contributed by atoms with Gasteiger partial charge in [-0.2, -0.15) is 0 Å². The Morgan fingerprint density at radius 3 is 0.835 bits per heavy atom. The van der Waals surface area contributed by atoms with Crippen molar-refractivity contribution in [1.82, 2.24) is 0 Å². The van der Waals surface area contributed by atoms with E-state index in [0.29, 0.717) is 19.3 Å². The van der Waals surface area contributed by atoms with Crippen molar-refractivity contribution >= 4 is 33.6 Å². The number of phosphoric acid groups is 2. The van der Waals surface area contributed by atoms with Crippen LogP contribution in [0.1, 0.15) is 342 Å². The third kappa shape index (κ3) is 78.8. The molecule has 0 heterocycles. The monoisotopic (exact) mass is 1490 g/mol. The van der Waals surface area contributed by atoms with Gasteiger partial charge in [0.2, 0.25) is 0 Å². The van der Waals surface area contributed by atoms with Gasteiger partial charge < -0.3 is 34.2 Å². The molecule has 594 valence electrons. The minimum absolute atomic E-state index is 0.102. The Morgan fingerprint density at radius 1 is 0.282 bits per heavy atom. The number of rotatable bonds is 77. The van der Waals surface area contributed by atoms with Crippen LogP contribution in [-0.2, 0) is 55.8 Å². The van der Waals surface area contributed by atoms with Gasteiger partial charge in [-0.3, -0.25) is 32.5 Å². The summed E-state index contributed by atoms with van der Waals surface area (Å²) in [5, 5.41) is 20.6. The lowest BCUT2D eigenvalue weighted by Gasteiger charge is -2.21. The SMILES string of the molecule is CC/C=C\C/C=C\C/C=C\C/C=C\C/C=C\C/C=C\CCCCCCCCCCCCCCCCCCC(=O)OCC(O)COP(=O)(O)OCC(O)COP(=O)(O)OCC(COC(=O)CCCCCCC/C=C\C/C=C\C/C=C\C/C=C\CCCCC)OC(=O)CCCCCCCCCCCCC. The first-order valence-electron chi connectivity index (χ1n) is 40.8. The summed E-state index contributed by atoms with van der Waals surface area (Å²) in [5.74, 6) is -1.59. The topological polar surface area (TPSA) is 231 Å². The highest BCUT2D eigenvalue weighted by Crippen LogP contribution is 2.45. The summed E-state index contributed by atoms with van der Waals surface area (Å²) in [5.41, 5.74) is 0. The number of hydrogen-bond donors (Lipinski definition) is 4. The zero-order valence-electron chi connectivity index (χ0n) is 65.0. The van der Waals surface area contributed by atoms with Crippen LogP contribution in [-0.4, -0.2) is 95.9 Å². The van der Waals surface area contributed by atoms with Gasteiger partial charge in [0, 0.05) is 19.3 Å². The predicted molar refractivity (Wildman–Crippen MR) is 427 cm³/mol. The van der Waals surface area contributed by atoms with Crippen LogP contribution < -0.4 is 0 Å². The Morgan fingerprint density at radius 2 is 0.515 bits per heavy atom. The van der Waals surface area contributed by atoms with Crippen molar-refractivity contribution in [1.29, 1.82) is 0 Å². The third-order valence-electron chi connectivity index (χ3n) is 17.2. The number of carbonyl (C=O) groups excluding carboxylic acids is 3. The molecule has 0 aliphatic heterocycles. The maximum atomic E-state index is 12.9. The van der Waals surface area contributed by atoms with Gasteiger partial charge in [0.25, 0.3) is 0 Å². The van der Waals surface area contributed by atoms with E-state index in [-0.39, 0.29) is 19.3 Å². The first-order chi connectivity index (χ1) is 50.2. The number of unbranched alkanes of at least 4 members (excludes halogenated alkanes) is 34. The lowest BCUT2D eigenvalue weighted by Crippen LogP contribution is -2.30. The van der Waals surface area contributed by atoms with Crippen molar-refractivity contribution in [2.24, 2.45) is 0 Å². The number of hydrogen-bond acceptors (Lipinski definition) is 14. The summed E-state index contributed by atoms with van der Waals surface area (Å²) in [6.45, 7) is 2.53. The van der Waals surface area contributed by atoms with Crippen molar-refractivity contribution in [3.63, 3.8) is 0 Å². The highest BCUT2D eigenvalue weighted by molar-refractivity contribution is 7.47. The summed E-state index contributed by atoms with van der Waals surface area (Å²) < 4.78 is 61.1. The maximum Gasteiger partial charge on any atom is 0.472 e. The number of esters is 3. The van der Waals surface area contributed by atoms with E-state index in [1.54, 1.807) is 0 Å². The van der Waals surface area contributed by atoms with E-state index in [0.717, 1.165) is 135 Å². The molecule has 0 aliphatic rings. The summed E-state index contributed by atoms with van der Waals surface area (Å²) in [4.78, 5) is 58.5. The van der Waals surface area contributed by atoms with E-state index in [2.05, 4.69) is 142 Å². The lowest BCUT2D eigenvalue weighted by atomic mass is 10.0. The average molecular weight is 1490 g/mol.